The van der Waals surface area contributed by atoms with E-state index >= 15 is 0 Å². The van der Waals surface area contributed by atoms with Crippen LogP contribution in [0.3, 0.4) is 0 Å². The van der Waals surface area contributed by atoms with Crippen molar-refractivity contribution in [1.82, 2.24) is 0 Å². The molecule has 2 aromatic carbocycles. The van der Waals surface area contributed by atoms with E-state index in [1.54, 1.807) is 24.3 Å². The van der Waals surface area contributed by atoms with Crippen LogP contribution in [-0.2, 0) is 9.59 Å². The Kier molecular flexibility index (Phi) is 6.49. The van der Waals surface area contributed by atoms with Gasteiger partial charge in [-0.15, -0.1) is 0 Å². The average molecular weight is 368 g/mol. The van der Waals surface area contributed by atoms with Gasteiger partial charge in [0.15, 0.2) is 0 Å². The molecule has 140 valence electrons. The Morgan fingerprint density at radius 2 is 1.56 bits per heavy atom. The highest BCUT2D eigenvalue weighted by atomic mass is 16.4. The topological polar surface area (TPSA) is 105 Å². The second kappa shape index (κ2) is 8.80. The summed E-state index contributed by atoms with van der Waals surface area (Å²) < 4.78 is 5.33. The van der Waals surface area contributed by atoms with Crippen LogP contribution in [0.1, 0.15) is 37.3 Å². The minimum Gasteiger partial charge on any atom is -0.507 e. The number of benzene rings is 2. The molecule has 0 aliphatic carbocycles. The molecule has 3 rings (SSSR count). The number of carboxylic acid groups (broad SMARTS) is 1. The van der Waals surface area contributed by atoms with Gasteiger partial charge >= 0.3 is 5.63 Å². The molecule has 1 unspecified atom stereocenters. The number of ketones is 1. The van der Waals surface area contributed by atoms with Crippen molar-refractivity contribution >= 4 is 22.7 Å². The smallest absolute Gasteiger partial charge is 0.343 e. The molecule has 0 saturated heterocycles. The van der Waals surface area contributed by atoms with E-state index in [-0.39, 0.29) is 23.5 Å². The van der Waals surface area contributed by atoms with E-state index in [4.69, 9.17) is 14.3 Å². The number of aliphatic carboxylic acids is 1. The molecule has 6 heteroatoms. The zero-order valence-corrected chi connectivity index (χ0v) is 15.0. The summed E-state index contributed by atoms with van der Waals surface area (Å²) in [6, 6.07) is 16.0. The molecular weight excluding hydrogens is 348 g/mol. The Labute approximate surface area is 155 Å². The minimum atomic E-state index is -0.833. The fraction of sp³-hybridized carbons (Fsp3) is 0.190. The molecule has 0 radical (unpaired) electrons. The highest BCUT2D eigenvalue weighted by Gasteiger charge is 2.25. The van der Waals surface area contributed by atoms with Gasteiger partial charge in [-0.2, -0.15) is 0 Å². The zero-order chi connectivity index (χ0) is 20.0. The first-order chi connectivity index (χ1) is 12.8. The van der Waals surface area contributed by atoms with E-state index in [9.17, 15) is 14.7 Å². The van der Waals surface area contributed by atoms with Gasteiger partial charge in [0, 0.05) is 19.3 Å². The summed E-state index contributed by atoms with van der Waals surface area (Å²) in [6.07, 6.45) is 0.126. The quantitative estimate of drug-likeness (QED) is 0.680. The number of carbonyl (C=O) groups excluding carboxylic acids is 1. The number of hydrogen-bond donors (Lipinski definition) is 2. The van der Waals surface area contributed by atoms with E-state index in [1.165, 1.54) is 6.92 Å². The van der Waals surface area contributed by atoms with E-state index in [0.29, 0.717) is 11.0 Å². The summed E-state index contributed by atoms with van der Waals surface area (Å²) in [4.78, 5) is 33.1. The molecule has 0 fully saturated rings. The maximum atomic E-state index is 12.4. The Hall–Kier alpha value is -3.41. The number of rotatable bonds is 4. The van der Waals surface area contributed by atoms with Gasteiger partial charge in [0.05, 0.1) is 10.9 Å². The van der Waals surface area contributed by atoms with Crippen LogP contribution in [0.2, 0.25) is 0 Å². The van der Waals surface area contributed by atoms with Crippen molar-refractivity contribution in [3.63, 3.8) is 0 Å². The fourth-order valence-corrected chi connectivity index (χ4v) is 2.81. The second-order valence-corrected chi connectivity index (χ2v) is 6.04. The Bertz CT molecular complexity index is 1000. The predicted octanol–water partition coefficient (Wildman–Crippen LogP) is 3.70. The average Bonchev–Trinajstić information content (AvgIpc) is 2.61. The van der Waals surface area contributed by atoms with Crippen LogP contribution in [0.15, 0.2) is 63.8 Å². The third-order valence-corrected chi connectivity index (χ3v) is 3.86. The lowest BCUT2D eigenvalue weighted by Gasteiger charge is -2.17. The van der Waals surface area contributed by atoms with Crippen molar-refractivity contribution in [2.75, 3.05) is 0 Å². The molecule has 0 amide bonds. The summed E-state index contributed by atoms with van der Waals surface area (Å²) in [5.41, 5.74) is 0.635. The molecule has 6 nitrogen and oxygen atoms in total. The Balaban J connectivity index is 0.000000596. The first-order valence-electron chi connectivity index (χ1n) is 8.30. The van der Waals surface area contributed by atoms with Gasteiger partial charge < -0.3 is 14.6 Å². The molecule has 27 heavy (non-hydrogen) atoms. The fourth-order valence-electron chi connectivity index (χ4n) is 2.81. The number of fused-ring (bicyclic) bond motifs is 1. The lowest BCUT2D eigenvalue weighted by atomic mass is 9.87. The van der Waals surface area contributed by atoms with Crippen LogP contribution >= 0.6 is 0 Å². The normalized spacial score (nSPS) is 11.3. The van der Waals surface area contributed by atoms with Gasteiger partial charge in [0.2, 0.25) is 0 Å². The van der Waals surface area contributed by atoms with Crippen LogP contribution in [0.25, 0.3) is 11.0 Å². The number of para-hydroxylation sites is 1. The summed E-state index contributed by atoms with van der Waals surface area (Å²) in [7, 11) is 0. The van der Waals surface area contributed by atoms with Gasteiger partial charge in [0.1, 0.15) is 17.1 Å². The van der Waals surface area contributed by atoms with Crippen LogP contribution in [-0.4, -0.2) is 22.0 Å². The van der Waals surface area contributed by atoms with Gasteiger partial charge in [-0.05, 0) is 24.6 Å². The molecule has 1 atom stereocenters. The summed E-state index contributed by atoms with van der Waals surface area (Å²) in [5.74, 6) is -1.55. The van der Waals surface area contributed by atoms with E-state index in [1.807, 2.05) is 30.3 Å². The van der Waals surface area contributed by atoms with Crippen LogP contribution in [0.4, 0.5) is 0 Å². The van der Waals surface area contributed by atoms with Crippen molar-refractivity contribution in [3.8, 4) is 5.75 Å². The highest BCUT2D eigenvalue weighted by molar-refractivity contribution is 5.85. The van der Waals surface area contributed by atoms with Gasteiger partial charge in [0.25, 0.3) is 5.97 Å². The van der Waals surface area contributed by atoms with Crippen molar-refractivity contribution in [3.05, 3.63) is 76.1 Å². The zero-order valence-electron chi connectivity index (χ0n) is 15.0. The summed E-state index contributed by atoms with van der Waals surface area (Å²) in [6.45, 7) is 2.55. The Morgan fingerprint density at radius 1 is 1.00 bits per heavy atom. The molecule has 1 aromatic heterocycles. The number of hydrogen-bond acceptors (Lipinski definition) is 5. The number of Topliss-reactive ketones (excluding diaryl/α,β-unsaturated/α-hetero) is 1. The number of carbonyl (C=O) groups is 2. The van der Waals surface area contributed by atoms with Crippen LogP contribution in [0, 0.1) is 0 Å². The molecule has 0 aliphatic heterocycles. The standard InChI is InChI=1S/C19H16O4.C2H4O2/c1-12(20)11-15(13-7-3-2-4-8-13)17-18(21)14-9-5-6-10-16(14)23-19(17)22;1-2(3)4/h2-10,15,21H,11H2,1H3;1H3,(H,3,4). The second-order valence-electron chi connectivity index (χ2n) is 6.04. The first-order valence-corrected chi connectivity index (χ1v) is 8.30. The monoisotopic (exact) mass is 368 g/mol. The molecule has 0 bridgehead atoms. The lowest BCUT2D eigenvalue weighted by molar-refractivity contribution is -0.134. The summed E-state index contributed by atoms with van der Waals surface area (Å²) in [5, 5.41) is 18.5. The lowest BCUT2D eigenvalue weighted by Crippen LogP contribution is -2.16. The first kappa shape index (κ1) is 19.9. The van der Waals surface area contributed by atoms with Gasteiger partial charge in [-0.3, -0.25) is 9.59 Å². The third kappa shape index (κ3) is 5.04. The number of carboxylic acids is 1. The molecule has 0 saturated carbocycles. The molecule has 1 heterocycles. The van der Waals surface area contributed by atoms with E-state index < -0.39 is 17.5 Å². The van der Waals surface area contributed by atoms with E-state index in [2.05, 4.69) is 0 Å². The van der Waals surface area contributed by atoms with Crippen molar-refractivity contribution in [2.24, 2.45) is 0 Å². The molecule has 3 aromatic rings. The summed E-state index contributed by atoms with van der Waals surface area (Å²) >= 11 is 0. The molecule has 0 aliphatic rings. The van der Waals surface area contributed by atoms with Gasteiger partial charge in [-0.1, -0.05) is 42.5 Å². The maximum Gasteiger partial charge on any atom is 0.343 e. The van der Waals surface area contributed by atoms with Crippen molar-refractivity contribution in [2.45, 2.75) is 26.2 Å². The Morgan fingerprint density at radius 3 is 2.15 bits per heavy atom. The van der Waals surface area contributed by atoms with Crippen molar-refractivity contribution in [1.29, 1.82) is 0 Å². The number of aromatic hydroxyl groups is 1. The van der Waals surface area contributed by atoms with Gasteiger partial charge in [-0.25, -0.2) is 4.79 Å². The van der Waals surface area contributed by atoms with E-state index in [0.717, 1.165) is 12.5 Å². The molecular formula is C21H20O6. The van der Waals surface area contributed by atoms with Crippen molar-refractivity contribution < 1.29 is 24.2 Å². The molecule has 2 N–H and O–H groups in total. The van der Waals surface area contributed by atoms with Crippen LogP contribution < -0.4 is 5.63 Å². The largest absolute Gasteiger partial charge is 0.507 e. The third-order valence-electron chi connectivity index (χ3n) is 3.86. The maximum absolute atomic E-state index is 12.4. The predicted molar refractivity (Wildman–Crippen MR) is 101 cm³/mol. The highest BCUT2D eigenvalue weighted by Crippen LogP contribution is 2.35. The van der Waals surface area contributed by atoms with Crippen LogP contribution in [0.5, 0.6) is 5.75 Å². The molecule has 0 spiro atoms. The minimum absolute atomic E-state index is 0.0641. The SMILES string of the molecule is CC(=O)CC(c1ccccc1)c1c(O)c2ccccc2oc1=O.CC(=O)O.